The summed E-state index contributed by atoms with van der Waals surface area (Å²) in [6.45, 7) is 12.0. The molecular weight excluding hydrogens is 328 g/mol. The summed E-state index contributed by atoms with van der Waals surface area (Å²) in [5, 5.41) is 11.0. The van der Waals surface area contributed by atoms with E-state index < -0.39 is 0 Å². The molecule has 0 radical (unpaired) electrons. The van der Waals surface area contributed by atoms with Crippen LogP contribution in [0.2, 0.25) is 0 Å². The van der Waals surface area contributed by atoms with Crippen LogP contribution in [0.4, 0.5) is 0 Å². The average Bonchev–Trinajstić information content (AvgIpc) is 3.16. The minimum absolute atomic E-state index is 0.709. The number of guanidine groups is 1. The molecule has 0 atom stereocenters. The lowest BCUT2D eigenvalue weighted by atomic mass is 10.1. The predicted molar refractivity (Wildman–Crippen MR) is 109 cm³/mol. The first-order chi connectivity index (χ1) is 12.2. The summed E-state index contributed by atoms with van der Waals surface area (Å²) in [5.41, 5.74) is 3.90. The SMILES string of the molecule is CCNC(=NCc1ccsc1)NCc1cccc(CN(CC)CC)c1. The number of aliphatic imine (C=N–C) groups is 1. The van der Waals surface area contributed by atoms with Gasteiger partial charge in [-0.25, -0.2) is 4.99 Å². The van der Waals surface area contributed by atoms with E-state index in [-0.39, 0.29) is 0 Å². The number of nitrogens with one attached hydrogen (secondary N) is 2. The van der Waals surface area contributed by atoms with Crippen molar-refractivity contribution in [2.24, 2.45) is 4.99 Å². The molecule has 4 nitrogen and oxygen atoms in total. The first kappa shape index (κ1) is 19.5. The molecule has 0 aliphatic rings. The average molecular weight is 359 g/mol. The maximum absolute atomic E-state index is 4.66. The zero-order valence-electron chi connectivity index (χ0n) is 15.6. The van der Waals surface area contributed by atoms with E-state index in [1.54, 1.807) is 11.3 Å². The van der Waals surface area contributed by atoms with Crippen LogP contribution in [0.3, 0.4) is 0 Å². The minimum Gasteiger partial charge on any atom is -0.357 e. The fraction of sp³-hybridized carbons (Fsp3) is 0.450. The quantitative estimate of drug-likeness (QED) is 0.528. The number of rotatable bonds is 9. The summed E-state index contributed by atoms with van der Waals surface area (Å²) < 4.78 is 0. The van der Waals surface area contributed by atoms with Crippen LogP contribution in [0.1, 0.15) is 37.5 Å². The van der Waals surface area contributed by atoms with E-state index in [1.165, 1.54) is 16.7 Å². The molecular formula is C20H30N4S. The summed E-state index contributed by atoms with van der Waals surface area (Å²) in [7, 11) is 0. The topological polar surface area (TPSA) is 39.7 Å². The normalized spacial score (nSPS) is 11.8. The lowest BCUT2D eigenvalue weighted by Gasteiger charge is -2.18. The van der Waals surface area contributed by atoms with Gasteiger partial charge in [-0.3, -0.25) is 4.90 Å². The lowest BCUT2D eigenvalue weighted by Crippen LogP contribution is -2.36. The maximum Gasteiger partial charge on any atom is 0.191 e. The highest BCUT2D eigenvalue weighted by Gasteiger charge is 2.03. The van der Waals surface area contributed by atoms with Gasteiger partial charge in [-0.05, 0) is 53.5 Å². The molecule has 0 amide bonds. The van der Waals surface area contributed by atoms with Crippen LogP contribution in [-0.4, -0.2) is 30.5 Å². The van der Waals surface area contributed by atoms with Gasteiger partial charge in [-0.1, -0.05) is 38.1 Å². The van der Waals surface area contributed by atoms with Gasteiger partial charge in [0.2, 0.25) is 0 Å². The lowest BCUT2D eigenvalue weighted by molar-refractivity contribution is 0.296. The van der Waals surface area contributed by atoms with Crippen molar-refractivity contribution < 1.29 is 0 Å². The standard InChI is InChI=1S/C20H30N4S/c1-4-21-20(23-14-19-10-11-25-16-19)22-13-17-8-7-9-18(12-17)15-24(5-2)6-3/h7-12,16H,4-6,13-15H2,1-3H3,(H2,21,22,23). The highest BCUT2D eigenvalue weighted by Crippen LogP contribution is 2.09. The Balaban J connectivity index is 1.94. The van der Waals surface area contributed by atoms with E-state index in [0.717, 1.165) is 38.7 Å². The van der Waals surface area contributed by atoms with Gasteiger partial charge in [0.05, 0.1) is 6.54 Å². The number of benzene rings is 1. The first-order valence-electron chi connectivity index (χ1n) is 9.08. The molecule has 2 aromatic rings. The third-order valence-corrected chi connectivity index (χ3v) is 4.83. The van der Waals surface area contributed by atoms with Crippen molar-refractivity contribution in [1.29, 1.82) is 0 Å². The molecule has 0 fully saturated rings. The molecule has 25 heavy (non-hydrogen) atoms. The van der Waals surface area contributed by atoms with Gasteiger partial charge in [0, 0.05) is 19.6 Å². The van der Waals surface area contributed by atoms with Crippen LogP contribution in [-0.2, 0) is 19.6 Å². The Hall–Kier alpha value is -1.85. The van der Waals surface area contributed by atoms with Crippen molar-refractivity contribution in [2.45, 2.75) is 40.4 Å². The summed E-state index contributed by atoms with van der Waals surface area (Å²) in [5.74, 6) is 0.864. The van der Waals surface area contributed by atoms with E-state index in [2.05, 4.69) is 82.4 Å². The van der Waals surface area contributed by atoms with Crippen LogP contribution in [0.5, 0.6) is 0 Å². The fourth-order valence-corrected chi connectivity index (χ4v) is 3.28. The van der Waals surface area contributed by atoms with E-state index in [4.69, 9.17) is 0 Å². The predicted octanol–water partition coefficient (Wildman–Crippen LogP) is 3.85. The van der Waals surface area contributed by atoms with Gasteiger partial charge < -0.3 is 10.6 Å². The molecule has 1 aromatic carbocycles. The summed E-state index contributed by atoms with van der Waals surface area (Å²) in [6.07, 6.45) is 0. The van der Waals surface area contributed by atoms with Gasteiger partial charge in [-0.15, -0.1) is 0 Å². The first-order valence-corrected chi connectivity index (χ1v) is 10.0. The van der Waals surface area contributed by atoms with Crippen LogP contribution in [0.25, 0.3) is 0 Å². The summed E-state index contributed by atoms with van der Waals surface area (Å²) in [6, 6.07) is 10.9. The molecule has 5 heteroatoms. The van der Waals surface area contributed by atoms with Crippen molar-refractivity contribution in [3.05, 3.63) is 57.8 Å². The Morgan fingerprint density at radius 3 is 2.52 bits per heavy atom. The van der Waals surface area contributed by atoms with Crippen molar-refractivity contribution in [2.75, 3.05) is 19.6 Å². The van der Waals surface area contributed by atoms with Gasteiger partial charge >= 0.3 is 0 Å². The Morgan fingerprint density at radius 1 is 1.04 bits per heavy atom. The molecule has 0 bridgehead atoms. The molecule has 1 aromatic heterocycles. The largest absolute Gasteiger partial charge is 0.357 e. The summed E-state index contributed by atoms with van der Waals surface area (Å²) >= 11 is 1.71. The smallest absolute Gasteiger partial charge is 0.191 e. The summed E-state index contributed by atoms with van der Waals surface area (Å²) in [4.78, 5) is 7.09. The molecule has 0 unspecified atom stereocenters. The second-order valence-electron chi connectivity index (χ2n) is 5.96. The Kier molecular flexibility index (Phi) is 8.49. The Labute approximate surface area is 156 Å². The molecule has 2 N–H and O–H groups in total. The molecule has 136 valence electrons. The van der Waals surface area contributed by atoms with E-state index >= 15 is 0 Å². The van der Waals surface area contributed by atoms with Crippen LogP contribution in [0, 0.1) is 0 Å². The number of nitrogens with zero attached hydrogens (tertiary/aromatic N) is 2. The molecule has 2 rings (SSSR count). The van der Waals surface area contributed by atoms with Gasteiger partial charge in [0.1, 0.15) is 0 Å². The van der Waals surface area contributed by atoms with Crippen LogP contribution in [0.15, 0.2) is 46.1 Å². The maximum atomic E-state index is 4.66. The molecule has 0 aliphatic heterocycles. The van der Waals surface area contributed by atoms with Gasteiger partial charge in [-0.2, -0.15) is 11.3 Å². The number of hydrogen-bond donors (Lipinski definition) is 2. The second-order valence-corrected chi connectivity index (χ2v) is 6.74. The van der Waals surface area contributed by atoms with Crippen molar-refractivity contribution >= 4 is 17.3 Å². The third kappa shape index (κ3) is 6.88. The number of thiophene rings is 1. The molecule has 0 saturated heterocycles. The molecule has 0 aliphatic carbocycles. The molecule has 0 saturated carbocycles. The van der Waals surface area contributed by atoms with E-state index in [1.807, 2.05) is 0 Å². The Morgan fingerprint density at radius 2 is 1.84 bits per heavy atom. The minimum atomic E-state index is 0.709. The van der Waals surface area contributed by atoms with Crippen molar-refractivity contribution in [1.82, 2.24) is 15.5 Å². The van der Waals surface area contributed by atoms with Gasteiger partial charge in [0.25, 0.3) is 0 Å². The highest BCUT2D eigenvalue weighted by molar-refractivity contribution is 7.07. The van der Waals surface area contributed by atoms with Crippen LogP contribution < -0.4 is 10.6 Å². The molecule has 0 spiro atoms. The zero-order valence-corrected chi connectivity index (χ0v) is 16.4. The van der Waals surface area contributed by atoms with Crippen LogP contribution >= 0.6 is 11.3 Å². The van der Waals surface area contributed by atoms with Gasteiger partial charge in [0.15, 0.2) is 5.96 Å². The zero-order chi connectivity index (χ0) is 17.9. The monoisotopic (exact) mass is 358 g/mol. The third-order valence-electron chi connectivity index (χ3n) is 4.10. The second kappa shape index (κ2) is 10.9. The van der Waals surface area contributed by atoms with Crippen molar-refractivity contribution in [3.63, 3.8) is 0 Å². The fourth-order valence-electron chi connectivity index (χ4n) is 2.62. The van der Waals surface area contributed by atoms with Crippen molar-refractivity contribution in [3.8, 4) is 0 Å². The van der Waals surface area contributed by atoms with E-state index in [9.17, 15) is 0 Å². The highest BCUT2D eigenvalue weighted by atomic mass is 32.1. The number of hydrogen-bond acceptors (Lipinski definition) is 3. The molecule has 1 heterocycles. The van der Waals surface area contributed by atoms with E-state index in [0.29, 0.717) is 6.54 Å². The Bertz CT molecular complexity index is 633.